The molecule has 1 aromatic rings. The molecule has 108 valence electrons. The average Bonchev–Trinajstić information content (AvgIpc) is 2.45. The number of hydrogen-bond acceptors (Lipinski definition) is 4. The van der Waals surface area contributed by atoms with E-state index < -0.39 is 17.5 Å². The Labute approximate surface area is 122 Å². The molecule has 0 saturated heterocycles. The van der Waals surface area contributed by atoms with Gasteiger partial charge in [-0.15, -0.1) is 0 Å². The van der Waals surface area contributed by atoms with Gasteiger partial charge in [-0.3, -0.25) is 0 Å². The van der Waals surface area contributed by atoms with Gasteiger partial charge in [0, 0.05) is 12.7 Å². The van der Waals surface area contributed by atoms with Gasteiger partial charge in [0.2, 0.25) is 0 Å². The average molecular weight is 286 g/mol. The molecule has 0 atom stereocenters. The summed E-state index contributed by atoms with van der Waals surface area (Å²) in [5, 5.41) is 29.3. The Morgan fingerprint density at radius 3 is 2.29 bits per heavy atom. The van der Waals surface area contributed by atoms with Crippen LogP contribution < -0.4 is 5.32 Å². The van der Waals surface area contributed by atoms with Crippen LogP contribution in [0.4, 0.5) is 10.5 Å². The number of benzene rings is 1. The molecule has 0 saturated carbocycles. The van der Waals surface area contributed by atoms with Crippen LogP contribution in [0.15, 0.2) is 18.2 Å². The third-order valence-electron chi connectivity index (χ3n) is 3.18. The van der Waals surface area contributed by atoms with Crippen molar-refractivity contribution in [2.24, 2.45) is 0 Å². The molecule has 0 aliphatic carbocycles. The number of urea groups is 1. The van der Waals surface area contributed by atoms with E-state index >= 15 is 0 Å². The molecule has 21 heavy (non-hydrogen) atoms. The van der Waals surface area contributed by atoms with E-state index in [0.717, 1.165) is 4.90 Å². The summed E-state index contributed by atoms with van der Waals surface area (Å²) in [7, 11) is 1.36. The van der Waals surface area contributed by atoms with Gasteiger partial charge in [0.15, 0.2) is 0 Å². The lowest BCUT2D eigenvalue weighted by Crippen LogP contribution is -2.52. The lowest BCUT2D eigenvalue weighted by molar-refractivity contribution is -0.146. The predicted molar refractivity (Wildman–Crippen MR) is 74.4 cm³/mol. The van der Waals surface area contributed by atoms with Crippen LogP contribution >= 0.6 is 0 Å². The van der Waals surface area contributed by atoms with Crippen molar-refractivity contribution in [2.75, 3.05) is 12.4 Å². The summed E-state index contributed by atoms with van der Waals surface area (Å²) in [4.78, 5) is 24.2. The summed E-state index contributed by atoms with van der Waals surface area (Å²) < 4.78 is 0. The van der Waals surface area contributed by atoms with Crippen molar-refractivity contribution >= 4 is 17.7 Å². The smallest absolute Gasteiger partial charge is 0.329 e. The lowest BCUT2D eigenvalue weighted by Gasteiger charge is -2.31. The van der Waals surface area contributed by atoms with Crippen molar-refractivity contribution in [2.45, 2.75) is 19.4 Å². The quantitative estimate of drug-likeness (QED) is 0.877. The molecule has 0 unspecified atom stereocenters. The van der Waals surface area contributed by atoms with Crippen molar-refractivity contribution in [3.05, 3.63) is 29.3 Å². The van der Waals surface area contributed by atoms with Gasteiger partial charge in [-0.2, -0.15) is 10.5 Å². The Kier molecular flexibility index (Phi) is 4.52. The largest absolute Gasteiger partial charge is 0.480 e. The molecular formula is C14H14N4O3. The van der Waals surface area contributed by atoms with E-state index in [-0.39, 0.29) is 11.1 Å². The molecule has 0 fully saturated rings. The van der Waals surface area contributed by atoms with Crippen molar-refractivity contribution in [3.8, 4) is 12.1 Å². The van der Waals surface area contributed by atoms with Gasteiger partial charge in [-0.25, -0.2) is 9.59 Å². The molecule has 1 aromatic carbocycles. The lowest BCUT2D eigenvalue weighted by atomic mass is 10.0. The molecule has 1 rings (SSSR count). The van der Waals surface area contributed by atoms with Crippen LogP contribution in [0.1, 0.15) is 25.0 Å². The summed E-state index contributed by atoms with van der Waals surface area (Å²) >= 11 is 0. The number of aliphatic carboxylic acids is 1. The molecular weight excluding hydrogens is 272 g/mol. The molecule has 2 N–H and O–H groups in total. The normalized spacial score (nSPS) is 10.1. The number of carbonyl (C=O) groups is 2. The number of anilines is 1. The first-order valence-electron chi connectivity index (χ1n) is 5.96. The van der Waals surface area contributed by atoms with Crippen LogP contribution in [-0.2, 0) is 4.79 Å². The van der Waals surface area contributed by atoms with Gasteiger partial charge in [-0.1, -0.05) is 0 Å². The van der Waals surface area contributed by atoms with Gasteiger partial charge in [0.05, 0.1) is 11.1 Å². The van der Waals surface area contributed by atoms with Crippen molar-refractivity contribution < 1.29 is 14.7 Å². The number of carbonyl (C=O) groups excluding carboxylic acids is 1. The van der Waals surface area contributed by atoms with Gasteiger partial charge >= 0.3 is 12.0 Å². The highest BCUT2D eigenvalue weighted by atomic mass is 16.4. The first-order chi connectivity index (χ1) is 9.73. The van der Waals surface area contributed by atoms with Crippen molar-refractivity contribution in [1.29, 1.82) is 10.5 Å². The SMILES string of the molecule is CN(C(=O)Nc1ccc(C#N)c(C#N)c1)C(C)(C)C(=O)O. The van der Waals surface area contributed by atoms with Gasteiger partial charge in [-0.05, 0) is 32.0 Å². The second-order valence-corrected chi connectivity index (χ2v) is 4.84. The Morgan fingerprint density at radius 1 is 1.24 bits per heavy atom. The van der Waals surface area contributed by atoms with Crippen LogP contribution in [-0.4, -0.2) is 34.6 Å². The Hall–Kier alpha value is -3.06. The molecule has 0 aliphatic rings. The maximum absolute atomic E-state index is 12.0. The standard InChI is InChI=1S/C14H14N4O3/c1-14(2,12(19)20)18(3)13(21)17-11-5-4-9(7-15)10(6-11)8-16/h4-6H,1-3H3,(H,17,21)(H,19,20). The van der Waals surface area contributed by atoms with Crippen molar-refractivity contribution in [1.82, 2.24) is 4.90 Å². The summed E-state index contributed by atoms with van der Waals surface area (Å²) in [5.74, 6) is -1.14. The van der Waals surface area contributed by atoms with Crippen LogP contribution in [0.5, 0.6) is 0 Å². The minimum atomic E-state index is -1.38. The zero-order chi connectivity index (χ0) is 16.2. The van der Waals surface area contributed by atoms with E-state index in [4.69, 9.17) is 15.6 Å². The topological polar surface area (TPSA) is 117 Å². The highest BCUT2D eigenvalue weighted by Gasteiger charge is 2.35. The summed E-state index contributed by atoms with van der Waals surface area (Å²) in [5.41, 5.74) is -0.733. The number of nitrogens with one attached hydrogen (secondary N) is 1. The number of nitrogens with zero attached hydrogens (tertiary/aromatic N) is 3. The Morgan fingerprint density at radius 2 is 1.81 bits per heavy atom. The molecule has 2 amide bonds. The van der Waals surface area contributed by atoms with Gasteiger partial charge in [0.1, 0.15) is 17.7 Å². The first-order valence-corrected chi connectivity index (χ1v) is 5.96. The number of carboxylic acids is 1. The monoisotopic (exact) mass is 286 g/mol. The zero-order valence-electron chi connectivity index (χ0n) is 11.8. The summed E-state index contributed by atoms with van der Waals surface area (Å²) in [6.07, 6.45) is 0. The molecule has 0 spiro atoms. The minimum absolute atomic E-state index is 0.135. The van der Waals surface area contributed by atoms with Crippen LogP contribution in [0.25, 0.3) is 0 Å². The highest BCUT2D eigenvalue weighted by Crippen LogP contribution is 2.18. The molecule has 0 radical (unpaired) electrons. The highest BCUT2D eigenvalue weighted by molar-refractivity contribution is 5.93. The predicted octanol–water partition coefficient (Wildman–Crippen LogP) is 1.76. The van der Waals surface area contributed by atoms with Crippen molar-refractivity contribution in [3.63, 3.8) is 0 Å². The summed E-state index contributed by atoms with van der Waals surface area (Å²) in [6.45, 7) is 2.79. The Balaban J connectivity index is 2.98. The minimum Gasteiger partial charge on any atom is -0.480 e. The van der Waals surface area contributed by atoms with E-state index in [0.29, 0.717) is 5.69 Å². The fourth-order valence-electron chi connectivity index (χ4n) is 1.42. The number of nitriles is 2. The van der Waals surface area contributed by atoms with Crippen LogP contribution in [0.2, 0.25) is 0 Å². The number of rotatable bonds is 3. The molecule has 0 aromatic heterocycles. The number of amides is 2. The summed E-state index contributed by atoms with van der Waals surface area (Å²) in [6, 6.07) is 7.34. The first kappa shape index (κ1) is 16.0. The molecule has 7 heteroatoms. The molecule has 0 heterocycles. The second-order valence-electron chi connectivity index (χ2n) is 4.84. The van der Waals surface area contributed by atoms with Gasteiger partial charge in [0.25, 0.3) is 0 Å². The molecule has 0 aliphatic heterocycles. The Bertz CT molecular complexity index is 668. The number of carboxylic acid groups (broad SMARTS) is 1. The van der Waals surface area contributed by atoms with Crippen LogP contribution in [0.3, 0.4) is 0 Å². The van der Waals surface area contributed by atoms with E-state index in [1.807, 2.05) is 12.1 Å². The fraction of sp³-hybridized carbons (Fsp3) is 0.286. The van der Waals surface area contributed by atoms with Crippen LogP contribution in [0, 0.1) is 22.7 Å². The molecule has 7 nitrogen and oxygen atoms in total. The third-order valence-corrected chi connectivity index (χ3v) is 3.18. The van der Waals surface area contributed by atoms with E-state index in [1.165, 1.54) is 39.1 Å². The fourth-order valence-corrected chi connectivity index (χ4v) is 1.42. The van der Waals surface area contributed by atoms with E-state index in [1.54, 1.807) is 0 Å². The maximum atomic E-state index is 12.0. The maximum Gasteiger partial charge on any atom is 0.329 e. The second kappa shape index (κ2) is 5.93. The number of likely N-dealkylation sites (N-methyl/N-ethyl adjacent to an activating group) is 1. The molecule has 0 bridgehead atoms. The van der Waals surface area contributed by atoms with Gasteiger partial charge < -0.3 is 15.3 Å². The number of hydrogen-bond donors (Lipinski definition) is 2. The van der Waals surface area contributed by atoms with E-state index in [2.05, 4.69) is 5.32 Å². The third kappa shape index (κ3) is 3.28. The van der Waals surface area contributed by atoms with E-state index in [9.17, 15) is 9.59 Å². The zero-order valence-corrected chi connectivity index (χ0v) is 11.8.